The molecule has 8 aromatic rings. The summed E-state index contributed by atoms with van der Waals surface area (Å²) in [5, 5.41) is 28.6. The molecule has 0 bridgehead atoms. The van der Waals surface area contributed by atoms with Gasteiger partial charge in [0.25, 0.3) is 0 Å². The number of aromatic hydroxyl groups is 2. The highest BCUT2D eigenvalue weighted by Gasteiger charge is 2.27. The number of para-hydroxylation sites is 2. The molecule has 0 aliphatic heterocycles. The van der Waals surface area contributed by atoms with Crippen LogP contribution in [0.25, 0.3) is 32.3 Å². The zero-order chi connectivity index (χ0) is 38.0. The number of nitrogens with zero attached hydrogens (tertiary/aromatic N) is 2. The number of benzene rings is 8. The Morgan fingerprint density at radius 1 is 0.370 bits per heavy atom. The number of hydrogen-bond acceptors (Lipinski definition) is 4. The van der Waals surface area contributed by atoms with Gasteiger partial charge in [0.15, 0.2) is 0 Å². The van der Waals surface area contributed by atoms with E-state index in [9.17, 15) is 10.2 Å². The Kier molecular flexibility index (Phi) is 8.73. The summed E-state index contributed by atoms with van der Waals surface area (Å²) in [6.07, 6.45) is 0. The lowest BCUT2D eigenvalue weighted by Crippen LogP contribution is -2.43. The number of phenolic OH excluding ortho intramolecular Hbond substituents is 2. The minimum atomic E-state index is -0.124. The van der Waals surface area contributed by atoms with Crippen molar-refractivity contribution in [2.24, 2.45) is 0 Å². The molecular weight excluding hydrogens is 656 g/mol. The van der Waals surface area contributed by atoms with Crippen molar-refractivity contribution in [3.05, 3.63) is 144 Å². The first kappa shape index (κ1) is 35.1. The predicted octanol–water partition coefficient (Wildman–Crippen LogP) is 7.91. The molecule has 4 nitrogen and oxygen atoms in total. The summed E-state index contributed by atoms with van der Waals surface area (Å²) in [4.78, 5) is 4.23. The Morgan fingerprint density at radius 3 is 1.28 bits per heavy atom. The third kappa shape index (κ3) is 5.35. The topological polar surface area (TPSA) is 46.9 Å². The summed E-state index contributed by atoms with van der Waals surface area (Å²) in [5.41, 5.74) is 8.95. The van der Waals surface area contributed by atoms with Crippen LogP contribution in [-0.2, 0) is 0 Å². The highest BCUT2D eigenvalue weighted by Crippen LogP contribution is 2.50. The maximum absolute atomic E-state index is 11.8. The molecule has 252 valence electrons. The summed E-state index contributed by atoms with van der Waals surface area (Å²) < 4.78 is 0. The van der Waals surface area contributed by atoms with Gasteiger partial charge in [-0.2, -0.15) is 0 Å². The third-order valence-electron chi connectivity index (χ3n) is 10.9. The first-order valence-electron chi connectivity index (χ1n) is 17.8. The molecule has 8 radical (unpaired) electrons. The molecule has 54 heavy (non-hydrogen) atoms. The fourth-order valence-electron chi connectivity index (χ4n) is 7.81. The van der Waals surface area contributed by atoms with E-state index in [0.717, 1.165) is 71.9 Å². The van der Waals surface area contributed by atoms with E-state index in [2.05, 4.69) is 53.4 Å². The Morgan fingerprint density at radius 2 is 0.796 bits per heavy atom. The molecule has 0 saturated heterocycles. The monoisotopic (exact) mass is 690 g/mol. The molecule has 8 rings (SSSR count). The average Bonchev–Trinajstić information content (AvgIpc) is 3.21. The van der Waals surface area contributed by atoms with E-state index in [0.29, 0.717) is 33.2 Å². The van der Waals surface area contributed by atoms with Gasteiger partial charge in [0.2, 0.25) is 0 Å². The molecule has 0 fully saturated rings. The Balaban J connectivity index is 1.52. The van der Waals surface area contributed by atoms with E-state index in [-0.39, 0.29) is 17.0 Å². The predicted molar refractivity (Wildman–Crippen MR) is 232 cm³/mol. The van der Waals surface area contributed by atoms with E-state index in [4.69, 9.17) is 31.4 Å². The van der Waals surface area contributed by atoms with Gasteiger partial charge in [-0.15, -0.1) is 10.9 Å². The van der Waals surface area contributed by atoms with Crippen molar-refractivity contribution in [3.63, 3.8) is 0 Å². The van der Waals surface area contributed by atoms with Crippen LogP contribution in [0.15, 0.2) is 121 Å². The van der Waals surface area contributed by atoms with Crippen molar-refractivity contribution >= 4 is 120 Å². The molecule has 0 saturated carbocycles. The maximum Gasteiger partial charge on any atom is 0.146 e. The van der Waals surface area contributed by atoms with Crippen molar-refractivity contribution in [3.8, 4) is 11.5 Å². The van der Waals surface area contributed by atoms with Gasteiger partial charge in [-0.05, 0) is 96.8 Å². The molecule has 0 amide bonds. The molecule has 0 aliphatic carbocycles. The van der Waals surface area contributed by atoms with Crippen LogP contribution in [0.2, 0.25) is 0 Å². The minimum Gasteiger partial charge on any atom is -0.508 e. The Bertz CT molecular complexity index is 2540. The van der Waals surface area contributed by atoms with Gasteiger partial charge in [0.05, 0.1) is 17.1 Å². The molecule has 0 spiro atoms. The van der Waals surface area contributed by atoms with E-state index >= 15 is 0 Å². The smallest absolute Gasteiger partial charge is 0.146 e. The van der Waals surface area contributed by atoms with Crippen LogP contribution in [0.1, 0.15) is 22.3 Å². The van der Waals surface area contributed by atoms with Gasteiger partial charge in [-0.1, -0.05) is 101 Å². The Hall–Kier alpha value is -6.00. The lowest BCUT2D eigenvalue weighted by molar-refractivity contribution is 0.446. The fraction of sp³-hybridized carbons (Fsp3) is 0.0870. The van der Waals surface area contributed by atoms with Gasteiger partial charge in [0, 0.05) is 33.4 Å². The van der Waals surface area contributed by atoms with Gasteiger partial charge >= 0.3 is 0 Å². The number of fused-ring (bicyclic) bond motifs is 5. The summed E-state index contributed by atoms with van der Waals surface area (Å²) in [7, 11) is 26.4. The van der Waals surface area contributed by atoms with Crippen molar-refractivity contribution in [2.75, 3.05) is 9.80 Å². The maximum atomic E-state index is 11.8. The van der Waals surface area contributed by atoms with Crippen LogP contribution in [0.4, 0.5) is 34.1 Å². The molecule has 2 N–H and O–H groups in total. The highest BCUT2D eigenvalue weighted by atomic mass is 16.3. The van der Waals surface area contributed by atoms with Crippen LogP contribution in [-0.4, -0.2) is 41.6 Å². The number of rotatable bonds is 6. The standard InChI is InChI=1S/C46H34B4N2O2/c1-25-26(2)43(42(50)41(49)39(25)47)51(29-15-7-5-8-16-29)37-23-35-32-20-12-14-22-34(32)38(24-36(35)31-19-11-13-21-33(31)37)52(30-17-9-6-10-18-30)44-27(3)40(48)45(53)28(4)46(44)54/h5-24,53-54H,1-4H3. The lowest BCUT2D eigenvalue weighted by Gasteiger charge is -2.33. The second-order valence-electron chi connectivity index (χ2n) is 13.9. The SMILES string of the molecule is [B]c1c([B])c(C)c(C)c(N(c2ccccc2)c2cc3c4ccccc4c(N(c4ccccc4)c4c(C)c([B])c(O)c(C)c4O)cc3c3ccccc23)c1[B]. The molecule has 8 heteroatoms. The normalized spacial score (nSPS) is 11.4. The van der Waals surface area contributed by atoms with E-state index in [1.54, 1.807) is 6.92 Å². The van der Waals surface area contributed by atoms with Crippen molar-refractivity contribution in [1.82, 2.24) is 0 Å². The molecule has 0 aliphatic rings. The van der Waals surface area contributed by atoms with E-state index in [1.165, 1.54) is 0 Å². The largest absolute Gasteiger partial charge is 0.508 e. The van der Waals surface area contributed by atoms with Crippen LogP contribution in [0.5, 0.6) is 11.5 Å². The minimum absolute atomic E-state index is 0.0445. The first-order chi connectivity index (χ1) is 26.0. The summed E-state index contributed by atoms with van der Waals surface area (Å²) >= 11 is 0. The third-order valence-corrected chi connectivity index (χ3v) is 10.9. The van der Waals surface area contributed by atoms with E-state index in [1.807, 2.05) is 98.5 Å². The van der Waals surface area contributed by atoms with Crippen molar-refractivity contribution < 1.29 is 10.2 Å². The van der Waals surface area contributed by atoms with Gasteiger partial charge < -0.3 is 20.0 Å². The average molecular weight is 690 g/mol. The molecule has 0 unspecified atom stereocenters. The summed E-state index contributed by atoms with van der Waals surface area (Å²) in [6.45, 7) is 7.50. The Labute approximate surface area is 321 Å². The zero-order valence-corrected chi connectivity index (χ0v) is 30.6. The van der Waals surface area contributed by atoms with Crippen LogP contribution in [0.3, 0.4) is 0 Å². The first-order valence-corrected chi connectivity index (χ1v) is 17.8. The molecule has 8 aromatic carbocycles. The number of hydrogen-bond donors (Lipinski definition) is 2. The van der Waals surface area contributed by atoms with Gasteiger partial charge in [0.1, 0.15) is 42.9 Å². The molecular formula is C46H34B4N2O2. The van der Waals surface area contributed by atoms with Gasteiger partial charge in [-0.3, -0.25) is 0 Å². The number of anilines is 6. The second kappa shape index (κ2) is 13.4. The van der Waals surface area contributed by atoms with Crippen LogP contribution >= 0.6 is 0 Å². The highest BCUT2D eigenvalue weighted by molar-refractivity contribution is 6.59. The second-order valence-corrected chi connectivity index (χ2v) is 13.9. The van der Waals surface area contributed by atoms with Gasteiger partial charge in [-0.25, -0.2) is 0 Å². The summed E-state index contributed by atoms with van der Waals surface area (Å²) in [5.74, 6) is -0.169. The van der Waals surface area contributed by atoms with E-state index < -0.39 is 0 Å². The summed E-state index contributed by atoms with van der Waals surface area (Å²) in [6, 6.07) is 41.1. The zero-order valence-electron chi connectivity index (χ0n) is 30.6. The van der Waals surface area contributed by atoms with Crippen LogP contribution in [0, 0.1) is 27.7 Å². The molecule has 0 heterocycles. The fourth-order valence-corrected chi connectivity index (χ4v) is 7.81. The number of phenols is 2. The molecule has 0 atom stereocenters. The van der Waals surface area contributed by atoms with Crippen molar-refractivity contribution in [1.29, 1.82) is 0 Å². The molecule has 0 aromatic heterocycles. The van der Waals surface area contributed by atoms with Crippen LogP contribution < -0.4 is 31.7 Å². The lowest BCUT2D eigenvalue weighted by atomic mass is 9.68. The quantitative estimate of drug-likeness (QED) is 0.138. The van der Waals surface area contributed by atoms with Crippen molar-refractivity contribution in [2.45, 2.75) is 27.7 Å².